The summed E-state index contributed by atoms with van der Waals surface area (Å²) in [6.07, 6.45) is -1.86. The number of nitriles is 1. The highest BCUT2D eigenvalue weighted by Crippen LogP contribution is 2.53. The van der Waals surface area contributed by atoms with Gasteiger partial charge in [-0.3, -0.25) is 18.4 Å². The van der Waals surface area contributed by atoms with Crippen molar-refractivity contribution in [3.63, 3.8) is 0 Å². The Balaban J connectivity index is 1.26. The number of phosphoric ester groups is 1. The van der Waals surface area contributed by atoms with Crippen LogP contribution in [0.3, 0.4) is 0 Å². The summed E-state index contributed by atoms with van der Waals surface area (Å²) in [5.74, 6) is 0.996. The van der Waals surface area contributed by atoms with Crippen molar-refractivity contribution in [2.24, 2.45) is 0 Å². The molecule has 1 aliphatic heterocycles. The number of ether oxygens (including phenoxy) is 4. The minimum atomic E-state index is -4.52. The molecule has 1 aliphatic rings. The quantitative estimate of drug-likeness (QED) is 0.0495. The molecule has 7 rings (SSSR count). The SMILES string of the molecule is COc1ccc(C(OC[C@H]2O[C@@H](n3ccc(NC(=O)c4ccccc4)nc3=O)C[C@@H]2OP(=O)(OCCC#N)Oc2ccc(Cl)cc2)(c2ccccc2)c2ccc(OC)cc2)cc1. The van der Waals surface area contributed by atoms with E-state index in [0.717, 1.165) is 16.7 Å². The molecule has 1 saturated heterocycles. The van der Waals surface area contributed by atoms with Crippen LogP contribution in [-0.2, 0) is 28.7 Å². The van der Waals surface area contributed by atoms with E-state index in [-0.39, 0.29) is 37.6 Å². The van der Waals surface area contributed by atoms with Crippen LogP contribution in [0.25, 0.3) is 0 Å². The number of halogens is 1. The molecule has 1 amide bonds. The van der Waals surface area contributed by atoms with Crippen molar-refractivity contribution < 1.29 is 41.9 Å². The highest BCUT2D eigenvalue weighted by atomic mass is 35.5. The van der Waals surface area contributed by atoms with Crippen LogP contribution in [0, 0.1) is 11.3 Å². The lowest BCUT2D eigenvalue weighted by Crippen LogP contribution is -2.38. The number of hydrogen-bond acceptors (Lipinski definition) is 12. The Labute approximate surface area is 363 Å². The molecule has 16 heteroatoms. The van der Waals surface area contributed by atoms with E-state index in [4.69, 9.17) is 44.1 Å². The second kappa shape index (κ2) is 20.0. The van der Waals surface area contributed by atoms with Crippen LogP contribution in [0.4, 0.5) is 5.82 Å². The first-order valence-corrected chi connectivity index (χ1v) is 21.3. The minimum Gasteiger partial charge on any atom is -0.497 e. The van der Waals surface area contributed by atoms with E-state index in [2.05, 4.69) is 10.3 Å². The van der Waals surface area contributed by atoms with Crippen LogP contribution in [0.5, 0.6) is 17.2 Å². The molecule has 0 aliphatic carbocycles. The van der Waals surface area contributed by atoms with Gasteiger partial charge in [0.1, 0.15) is 47.1 Å². The Morgan fingerprint density at radius 1 is 0.855 bits per heavy atom. The van der Waals surface area contributed by atoms with Crippen LogP contribution >= 0.6 is 19.4 Å². The van der Waals surface area contributed by atoms with E-state index >= 15 is 0 Å². The molecule has 0 spiro atoms. The summed E-state index contributed by atoms with van der Waals surface area (Å²) in [5.41, 5.74) is 0.627. The fourth-order valence-corrected chi connectivity index (χ4v) is 8.50. The van der Waals surface area contributed by atoms with Crippen molar-refractivity contribution in [1.82, 2.24) is 9.55 Å². The predicted octanol–water partition coefficient (Wildman–Crippen LogP) is 8.96. The Bertz CT molecular complexity index is 2530. The normalized spacial score (nSPS) is 17.0. The highest BCUT2D eigenvalue weighted by Gasteiger charge is 2.46. The molecule has 1 unspecified atom stereocenters. The lowest BCUT2D eigenvalue weighted by molar-refractivity contribution is -0.0937. The van der Waals surface area contributed by atoms with E-state index in [1.165, 1.54) is 29.0 Å². The average Bonchev–Trinajstić information content (AvgIpc) is 3.69. The zero-order valence-corrected chi connectivity index (χ0v) is 35.3. The summed E-state index contributed by atoms with van der Waals surface area (Å²) in [5, 5.41) is 12.3. The van der Waals surface area contributed by atoms with Gasteiger partial charge in [0.15, 0.2) is 0 Å². The topological polar surface area (TPSA) is 169 Å². The van der Waals surface area contributed by atoms with Gasteiger partial charge in [-0.1, -0.05) is 84.4 Å². The number of carbonyl (C=O) groups excluding carboxylic acids is 1. The molecule has 1 aromatic heterocycles. The maximum Gasteiger partial charge on any atom is 0.530 e. The van der Waals surface area contributed by atoms with Gasteiger partial charge in [0, 0.05) is 23.2 Å². The van der Waals surface area contributed by atoms with E-state index in [1.807, 2.05) is 84.9 Å². The number of carbonyl (C=O) groups is 1. The van der Waals surface area contributed by atoms with Gasteiger partial charge in [-0.15, -0.1) is 0 Å². The van der Waals surface area contributed by atoms with Crippen molar-refractivity contribution in [3.8, 4) is 23.3 Å². The number of phosphoric acid groups is 1. The Morgan fingerprint density at radius 2 is 1.44 bits per heavy atom. The summed E-state index contributed by atoms with van der Waals surface area (Å²) < 4.78 is 58.4. The summed E-state index contributed by atoms with van der Waals surface area (Å²) in [6.45, 7) is -0.466. The zero-order valence-electron chi connectivity index (χ0n) is 33.7. The van der Waals surface area contributed by atoms with Gasteiger partial charge >= 0.3 is 13.5 Å². The van der Waals surface area contributed by atoms with Crippen molar-refractivity contribution in [2.45, 2.75) is 36.9 Å². The van der Waals surface area contributed by atoms with Crippen LogP contribution < -0.4 is 25.0 Å². The molecule has 1 N–H and O–H groups in total. The predicted molar refractivity (Wildman–Crippen MR) is 230 cm³/mol. The molecule has 5 aromatic carbocycles. The van der Waals surface area contributed by atoms with Gasteiger partial charge in [0.05, 0.1) is 39.9 Å². The summed E-state index contributed by atoms with van der Waals surface area (Å²) >= 11 is 6.11. The fourth-order valence-electron chi connectivity index (χ4n) is 6.96. The Kier molecular flexibility index (Phi) is 14.2. The van der Waals surface area contributed by atoms with Gasteiger partial charge in [-0.2, -0.15) is 10.2 Å². The zero-order chi connectivity index (χ0) is 43.5. The third kappa shape index (κ3) is 10.2. The molecule has 0 saturated carbocycles. The van der Waals surface area contributed by atoms with Crippen LogP contribution in [-0.4, -0.2) is 55.1 Å². The number of anilines is 1. The fraction of sp³-hybridized carbons (Fsp3) is 0.217. The number of nitrogens with one attached hydrogen (secondary N) is 1. The first-order valence-electron chi connectivity index (χ1n) is 19.5. The Hall–Kier alpha value is -6.30. The number of rotatable bonds is 18. The van der Waals surface area contributed by atoms with Crippen molar-refractivity contribution in [1.29, 1.82) is 5.26 Å². The number of nitrogens with zero attached hydrogens (tertiary/aromatic N) is 3. The molecule has 0 bridgehead atoms. The second-order valence-electron chi connectivity index (χ2n) is 13.9. The number of benzene rings is 5. The van der Waals surface area contributed by atoms with E-state index in [9.17, 15) is 19.4 Å². The molecule has 62 heavy (non-hydrogen) atoms. The highest BCUT2D eigenvalue weighted by molar-refractivity contribution is 7.49. The lowest BCUT2D eigenvalue weighted by atomic mass is 9.80. The summed E-state index contributed by atoms with van der Waals surface area (Å²) in [4.78, 5) is 30.6. The number of amides is 1. The monoisotopic (exact) mass is 876 g/mol. The largest absolute Gasteiger partial charge is 0.530 e. The number of hydrogen-bond donors (Lipinski definition) is 1. The Morgan fingerprint density at radius 3 is 2.02 bits per heavy atom. The third-order valence-corrected chi connectivity index (χ3v) is 11.7. The van der Waals surface area contributed by atoms with Crippen LogP contribution in [0.15, 0.2) is 151 Å². The van der Waals surface area contributed by atoms with E-state index < -0.39 is 43.5 Å². The van der Waals surface area contributed by atoms with Gasteiger partial charge in [-0.05, 0) is 83.4 Å². The van der Waals surface area contributed by atoms with E-state index in [1.54, 1.807) is 56.7 Å². The van der Waals surface area contributed by atoms with Crippen molar-refractivity contribution in [2.75, 3.05) is 32.8 Å². The van der Waals surface area contributed by atoms with Gasteiger partial charge in [0.25, 0.3) is 5.91 Å². The van der Waals surface area contributed by atoms with Gasteiger partial charge in [0.2, 0.25) is 0 Å². The average molecular weight is 877 g/mol. The molecule has 1 fully saturated rings. The molecule has 2 heterocycles. The van der Waals surface area contributed by atoms with Crippen LogP contribution in [0.2, 0.25) is 5.02 Å². The lowest BCUT2D eigenvalue weighted by Gasteiger charge is -2.37. The molecule has 0 radical (unpaired) electrons. The van der Waals surface area contributed by atoms with Crippen molar-refractivity contribution >= 4 is 31.1 Å². The summed E-state index contributed by atoms with van der Waals surface area (Å²) in [6, 6.07) is 42.6. The minimum absolute atomic E-state index is 0.0316. The van der Waals surface area contributed by atoms with Gasteiger partial charge in [-0.25, -0.2) is 9.36 Å². The van der Waals surface area contributed by atoms with E-state index in [0.29, 0.717) is 22.1 Å². The van der Waals surface area contributed by atoms with Crippen molar-refractivity contribution in [3.05, 3.63) is 183 Å². The first-order chi connectivity index (χ1) is 30.1. The maximum atomic E-state index is 14.6. The standard InChI is InChI=1S/C46H42ClN4O10P/c1-55-37-20-14-34(15-21-37)46(33-12-7-4-8-13-33,35-16-22-38(56-2)23-17-35)57-31-41-40(61-62(54,58-29-9-27-48)60-39-24-18-36(47)19-25-39)30-43(59-41)51-28-26-42(50-45(51)53)49-44(52)32-10-5-3-6-11-32/h3-8,10-26,28,40-41,43H,9,29-31H2,1-2H3,(H,49,50,52,53)/t40-,41+,43+,62?/m0/s1. The number of aromatic nitrogens is 2. The molecular formula is C46H42ClN4O10P. The molecule has 318 valence electrons. The third-order valence-electron chi connectivity index (χ3n) is 9.99. The first kappa shape index (κ1) is 43.8. The summed E-state index contributed by atoms with van der Waals surface area (Å²) in [7, 11) is -1.35. The smallest absolute Gasteiger partial charge is 0.497 e. The number of methoxy groups -OCH3 is 2. The molecular weight excluding hydrogens is 835 g/mol. The van der Waals surface area contributed by atoms with Crippen LogP contribution in [0.1, 0.15) is 46.1 Å². The molecule has 4 atom stereocenters. The molecule has 14 nitrogen and oxygen atoms in total. The van der Waals surface area contributed by atoms with Gasteiger partial charge < -0.3 is 28.8 Å². The molecule has 6 aromatic rings. The second-order valence-corrected chi connectivity index (χ2v) is 15.9. The maximum absolute atomic E-state index is 14.6.